The molecule has 0 saturated carbocycles. The molecule has 1 aliphatic rings. The molecule has 8 nitrogen and oxygen atoms in total. The molecule has 25 heavy (non-hydrogen) atoms. The van der Waals surface area contributed by atoms with Crippen molar-refractivity contribution < 1.29 is 4.79 Å². The van der Waals surface area contributed by atoms with E-state index in [9.17, 15) is 4.79 Å². The fourth-order valence-corrected chi connectivity index (χ4v) is 3.10. The third-order valence-corrected chi connectivity index (χ3v) is 4.33. The number of aryl methyl sites for hydroxylation is 3. The van der Waals surface area contributed by atoms with Crippen LogP contribution in [-0.4, -0.2) is 67.0 Å². The van der Waals surface area contributed by atoms with Crippen LogP contribution in [0.5, 0.6) is 0 Å². The van der Waals surface area contributed by atoms with Gasteiger partial charge in [0.25, 0.3) is 5.91 Å². The summed E-state index contributed by atoms with van der Waals surface area (Å²) in [4.78, 5) is 30.0. The monoisotopic (exact) mass is 343 g/mol. The minimum atomic E-state index is -0.0108. The lowest BCUT2D eigenvalue weighted by Crippen LogP contribution is -2.35. The first-order chi connectivity index (χ1) is 12.0. The Kier molecular flexibility index (Phi) is 5.37. The number of carbonyl (C=O) groups excluding carboxylic acids is 1. The van der Waals surface area contributed by atoms with Gasteiger partial charge in [0, 0.05) is 38.3 Å². The Balaban J connectivity index is 1.61. The van der Waals surface area contributed by atoms with Crippen LogP contribution in [0.3, 0.4) is 0 Å². The number of nitrogens with one attached hydrogen (secondary N) is 1. The molecule has 3 heterocycles. The van der Waals surface area contributed by atoms with E-state index in [1.165, 1.54) is 0 Å². The van der Waals surface area contributed by atoms with Crippen molar-refractivity contribution in [2.75, 3.05) is 26.2 Å². The highest BCUT2D eigenvalue weighted by Crippen LogP contribution is 2.11. The summed E-state index contributed by atoms with van der Waals surface area (Å²) in [5, 5.41) is 7.18. The molecular formula is C17H25N7O. The molecule has 2 aromatic rings. The third kappa shape index (κ3) is 4.39. The summed E-state index contributed by atoms with van der Waals surface area (Å²) in [6.45, 7) is 9.67. The lowest BCUT2D eigenvalue weighted by atomic mass is 10.2. The van der Waals surface area contributed by atoms with E-state index in [0.29, 0.717) is 18.1 Å². The summed E-state index contributed by atoms with van der Waals surface area (Å²) < 4.78 is 0. The zero-order chi connectivity index (χ0) is 17.8. The van der Waals surface area contributed by atoms with Gasteiger partial charge in [0.1, 0.15) is 23.2 Å². The fourth-order valence-electron chi connectivity index (χ4n) is 3.10. The molecule has 1 aliphatic heterocycles. The van der Waals surface area contributed by atoms with Crippen LogP contribution in [0.4, 0.5) is 0 Å². The maximum Gasteiger partial charge on any atom is 0.272 e. The summed E-state index contributed by atoms with van der Waals surface area (Å²) in [5.41, 5.74) is 1.31. The van der Waals surface area contributed by atoms with Crippen LogP contribution in [0.25, 0.3) is 0 Å². The van der Waals surface area contributed by atoms with Gasteiger partial charge >= 0.3 is 0 Å². The lowest BCUT2D eigenvalue weighted by molar-refractivity contribution is 0.0754. The Morgan fingerprint density at radius 2 is 2.00 bits per heavy atom. The van der Waals surface area contributed by atoms with E-state index in [1.54, 1.807) is 6.07 Å². The first-order valence-corrected chi connectivity index (χ1v) is 8.79. The average Bonchev–Trinajstić information content (AvgIpc) is 2.90. The first kappa shape index (κ1) is 17.5. The highest BCUT2D eigenvalue weighted by Gasteiger charge is 2.22. The highest BCUT2D eigenvalue weighted by molar-refractivity contribution is 5.92. The quantitative estimate of drug-likeness (QED) is 0.895. The Hall–Kier alpha value is -2.35. The molecule has 0 bridgehead atoms. The third-order valence-electron chi connectivity index (χ3n) is 4.33. The van der Waals surface area contributed by atoms with Crippen molar-refractivity contribution in [3.05, 3.63) is 34.9 Å². The second-order valence-electron chi connectivity index (χ2n) is 6.42. The summed E-state index contributed by atoms with van der Waals surface area (Å²) in [5.74, 6) is 2.36. The number of H-pyrrole nitrogens is 1. The molecule has 8 heteroatoms. The van der Waals surface area contributed by atoms with E-state index in [1.807, 2.05) is 25.7 Å². The maximum absolute atomic E-state index is 12.8. The largest absolute Gasteiger partial charge is 0.336 e. The van der Waals surface area contributed by atoms with Crippen LogP contribution in [0.1, 0.15) is 47.0 Å². The van der Waals surface area contributed by atoms with Crippen molar-refractivity contribution in [3.63, 3.8) is 0 Å². The van der Waals surface area contributed by atoms with Crippen molar-refractivity contribution in [1.29, 1.82) is 0 Å². The van der Waals surface area contributed by atoms with Crippen LogP contribution in [-0.2, 0) is 13.0 Å². The number of hydrogen-bond acceptors (Lipinski definition) is 6. The molecule has 1 fully saturated rings. The predicted molar refractivity (Wildman–Crippen MR) is 93.1 cm³/mol. The van der Waals surface area contributed by atoms with Crippen molar-refractivity contribution >= 4 is 5.91 Å². The molecule has 0 atom stereocenters. The molecular weight excluding hydrogens is 318 g/mol. The number of aromatic amines is 1. The maximum atomic E-state index is 12.8. The van der Waals surface area contributed by atoms with Gasteiger partial charge in [-0.3, -0.25) is 14.8 Å². The fraction of sp³-hybridized carbons (Fsp3) is 0.588. The average molecular weight is 343 g/mol. The molecule has 0 aromatic carbocycles. The van der Waals surface area contributed by atoms with E-state index >= 15 is 0 Å². The Bertz CT molecular complexity index is 722. The van der Waals surface area contributed by atoms with Gasteiger partial charge in [-0.2, -0.15) is 5.10 Å². The van der Waals surface area contributed by atoms with Gasteiger partial charge in [-0.1, -0.05) is 6.92 Å². The first-order valence-electron chi connectivity index (χ1n) is 8.79. The molecule has 0 spiro atoms. The smallest absolute Gasteiger partial charge is 0.272 e. The molecule has 3 rings (SSSR count). The van der Waals surface area contributed by atoms with Gasteiger partial charge in [0.2, 0.25) is 0 Å². The molecule has 0 aliphatic carbocycles. The number of rotatable bonds is 4. The molecule has 134 valence electrons. The lowest BCUT2D eigenvalue weighted by Gasteiger charge is -2.21. The van der Waals surface area contributed by atoms with Gasteiger partial charge in [0.15, 0.2) is 0 Å². The number of nitrogens with zero attached hydrogens (tertiary/aromatic N) is 6. The van der Waals surface area contributed by atoms with Crippen molar-refractivity contribution in [2.24, 2.45) is 0 Å². The normalized spacial score (nSPS) is 16.0. The number of hydrogen-bond donors (Lipinski definition) is 1. The minimum Gasteiger partial charge on any atom is -0.336 e. The topological polar surface area (TPSA) is 90.9 Å². The SMILES string of the molecule is CCc1n[nH]c(CN2CCCN(C(=O)c3cc(C)nc(C)n3)CC2)n1. The summed E-state index contributed by atoms with van der Waals surface area (Å²) in [6, 6.07) is 1.76. The van der Waals surface area contributed by atoms with Crippen LogP contribution in [0.15, 0.2) is 6.07 Å². The predicted octanol–water partition coefficient (Wildman–Crippen LogP) is 1.12. The van der Waals surface area contributed by atoms with E-state index < -0.39 is 0 Å². The van der Waals surface area contributed by atoms with Crippen molar-refractivity contribution in [2.45, 2.75) is 40.2 Å². The second-order valence-corrected chi connectivity index (χ2v) is 6.42. The van der Waals surface area contributed by atoms with E-state index in [2.05, 4.69) is 30.0 Å². The summed E-state index contributed by atoms with van der Waals surface area (Å²) in [7, 11) is 0. The zero-order valence-electron chi connectivity index (χ0n) is 15.1. The van der Waals surface area contributed by atoms with Gasteiger partial charge in [-0.25, -0.2) is 15.0 Å². The number of carbonyl (C=O) groups is 1. The molecule has 1 amide bonds. The zero-order valence-corrected chi connectivity index (χ0v) is 15.1. The van der Waals surface area contributed by atoms with Crippen LogP contribution in [0.2, 0.25) is 0 Å². The highest BCUT2D eigenvalue weighted by atomic mass is 16.2. The Labute approximate surface area is 147 Å². The molecule has 0 unspecified atom stereocenters. The summed E-state index contributed by atoms with van der Waals surface area (Å²) in [6.07, 6.45) is 1.76. The Morgan fingerprint density at radius 1 is 1.16 bits per heavy atom. The van der Waals surface area contributed by atoms with Crippen molar-refractivity contribution in [3.8, 4) is 0 Å². The van der Waals surface area contributed by atoms with Gasteiger partial charge in [0.05, 0.1) is 6.54 Å². The molecule has 0 radical (unpaired) electrons. The van der Waals surface area contributed by atoms with Crippen molar-refractivity contribution in [1.82, 2.24) is 34.9 Å². The standard InChI is InChI=1S/C17H25N7O/c1-4-15-20-16(22-21-15)11-23-6-5-7-24(9-8-23)17(25)14-10-12(2)18-13(3)19-14/h10H,4-9,11H2,1-3H3,(H,20,21,22). The van der Waals surface area contributed by atoms with Gasteiger partial charge in [-0.05, 0) is 26.3 Å². The number of aromatic nitrogens is 5. The minimum absolute atomic E-state index is 0.0108. The van der Waals surface area contributed by atoms with E-state index in [0.717, 1.165) is 56.4 Å². The Morgan fingerprint density at radius 3 is 2.72 bits per heavy atom. The molecule has 2 aromatic heterocycles. The molecule has 1 N–H and O–H groups in total. The van der Waals surface area contributed by atoms with Crippen LogP contribution < -0.4 is 0 Å². The van der Waals surface area contributed by atoms with Crippen LogP contribution >= 0.6 is 0 Å². The van der Waals surface area contributed by atoms with E-state index in [4.69, 9.17) is 0 Å². The molecule has 1 saturated heterocycles. The van der Waals surface area contributed by atoms with Gasteiger partial charge < -0.3 is 4.90 Å². The summed E-state index contributed by atoms with van der Waals surface area (Å²) >= 11 is 0. The second kappa shape index (κ2) is 7.69. The number of amides is 1. The van der Waals surface area contributed by atoms with Crippen LogP contribution in [0, 0.1) is 13.8 Å². The van der Waals surface area contributed by atoms with Gasteiger partial charge in [-0.15, -0.1) is 0 Å². The van der Waals surface area contributed by atoms with E-state index in [-0.39, 0.29) is 5.91 Å².